The summed E-state index contributed by atoms with van der Waals surface area (Å²) in [6, 6.07) is 0.303. The minimum atomic E-state index is 0.175. The van der Waals surface area contributed by atoms with Crippen molar-refractivity contribution in [2.24, 2.45) is 17.1 Å². The number of nitrogens with two attached hydrogens (primary N) is 1. The number of hydrogen-bond donors (Lipinski definition) is 1. The lowest BCUT2D eigenvalue weighted by Gasteiger charge is -2.54. The van der Waals surface area contributed by atoms with Crippen LogP contribution in [0.1, 0.15) is 20.8 Å². The van der Waals surface area contributed by atoms with Gasteiger partial charge < -0.3 is 10.5 Å². The molecule has 0 aromatic rings. The number of methoxy groups -OCH3 is 1. The van der Waals surface area contributed by atoms with Crippen LogP contribution in [0.4, 0.5) is 0 Å². The van der Waals surface area contributed by atoms with E-state index in [2.05, 4.69) is 20.8 Å². The predicted molar refractivity (Wildman–Crippen MR) is 41.7 cm³/mol. The fraction of sp³-hybridized carbons (Fsp3) is 1.00. The fourth-order valence-corrected chi connectivity index (χ4v) is 2.13. The normalized spacial score (nSPS) is 44.7. The number of rotatable bonds is 1. The Morgan fingerprint density at radius 3 is 2.10 bits per heavy atom. The first-order valence-electron chi connectivity index (χ1n) is 3.80. The summed E-state index contributed by atoms with van der Waals surface area (Å²) in [7, 11) is 1.76. The molecule has 0 bridgehead atoms. The quantitative estimate of drug-likeness (QED) is 0.594. The lowest BCUT2D eigenvalue weighted by molar-refractivity contribution is -0.133. The molecule has 60 valence electrons. The van der Waals surface area contributed by atoms with Crippen LogP contribution in [0.15, 0.2) is 0 Å². The molecule has 1 aliphatic carbocycles. The Labute approximate surface area is 62.7 Å². The highest BCUT2D eigenvalue weighted by Crippen LogP contribution is 2.45. The molecule has 10 heavy (non-hydrogen) atoms. The van der Waals surface area contributed by atoms with Gasteiger partial charge in [-0.3, -0.25) is 0 Å². The van der Waals surface area contributed by atoms with Crippen molar-refractivity contribution in [3.05, 3.63) is 0 Å². The van der Waals surface area contributed by atoms with Gasteiger partial charge in [-0.1, -0.05) is 20.8 Å². The second-order valence-electron chi connectivity index (χ2n) is 3.86. The third-order valence-corrected chi connectivity index (χ3v) is 2.89. The predicted octanol–water partition coefficient (Wildman–Crippen LogP) is 1.00. The second kappa shape index (κ2) is 2.21. The average molecular weight is 143 g/mol. The van der Waals surface area contributed by atoms with Crippen LogP contribution in [-0.4, -0.2) is 19.3 Å². The first kappa shape index (κ1) is 8.02. The molecule has 0 saturated heterocycles. The summed E-state index contributed by atoms with van der Waals surface area (Å²) in [5.74, 6) is 0.514. The molecule has 1 fully saturated rings. The van der Waals surface area contributed by atoms with Gasteiger partial charge in [0.2, 0.25) is 0 Å². The maximum Gasteiger partial charge on any atom is 0.0677 e. The van der Waals surface area contributed by atoms with Crippen molar-refractivity contribution in [2.45, 2.75) is 32.9 Å². The Hall–Kier alpha value is -0.0800. The first-order chi connectivity index (χ1) is 4.51. The van der Waals surface area contributed by atoms with Crippen LogP contribution in [0.2, 0.25) is 0 Å². The zero-order valence-corrected chi connectivity index (χ0v) is 7.22. The summed E-state index contributed by atoms with van der Waals surface area (Å²) in [5.41, 5.74) is 6.06. The van der Waals surface area contributed by atoms with Crippen LogP contribution >= 0.6 is 0 Å². The van der Waals surface area contributed by atoms with Gasteiger partial charge in [0.05, 0.1) is 6.10 Å². The SMILES string of the molecule is CO[C@H]1[C@@H](C)[C@@H](N)C1(C)C. The van der Waals surface area contributed by atoms with E-state index in [0.29, 0.717) is 18.1 Å². The Bertz CT molecular complexity index is 133. The molecule has 0 amide bonds. The Morgan fingerprint density at radius 2 is 1.90 bits per heavy atom. The Morgan fingerprint density at radius 1 is 1.40 bits per heavy atom. The van der Waals surface area contributed by atoms with Crippen molar-refractivity contribution in [3.8, 4) is 0 Å². The third kappa shape index (κ3) is 0.789. The lowest BCUT2D eigenvalue weighted by atomic mass is 9.58. The molecule has 1 rings (SSSR count). The molecule has 0 heterocycles. The van der Waals surface area contributed by atoms with Crippen molar-refractivity contribution in [2.75, 3.05) is 7.11 Å². The molecule has 2 nitrogen and oxygen atoms in total. The van der Waals surface area contributed by atoms with E-state index in [1.54, 1.807) is 7.11 Å². The van der Waals surface area contributed by atoms with Gasteiger partial charge >= 0.3 is 0 Å². The maximum absolute atomic E-state index is 5.89. The highest BCUT2D eigenvalue weighted by atomic mass is 16.5. The largest absolute Gasteiger partial charge is 0.381 e. The monoisotopic (exact) mass is 143 g/mol. The van der Waals surface area contributed by atoms with Crippen molar-refractivity contribution in [3.63, 3.8) is 0 Å². The molecular formula is C8H17NO. The van der Waals surface area contributed by atoms with Crippen LogP contribution < -0.4 is 5.73 Å². The van der Waals surface area contributed by atoms with E-state index in [4.69, 9.17) is 10.5 Å². The van der Waals surface area contributed by atoms with Crippen molar-refractivity contribution < 1.29 is 4.74 Å². The first-order valence-corrected chi connectivity index (χ1v) is 3.80. The zero-order valence-electron chi connectivity index (χ0n) is 7.22. The lowest BCUT2D eigenvalue weighted by Crippen LogP contribution is -2.65. The van der Waals surface area contributed by atoms with Gasteiger partial charge in [-0.25, -0.2) is 0 Å². The van der Waals surface area contributed by atoms with Gasteiger partial charge in [-0.05, 0) is 5.92 Å². The van der Waals surface area contributed by atoms with Crippen LogP contribution in [0.3, 0.4) is 0 Å². The number of hydrogen-bond acceptors (Lipinski definition) is 2. The molecule has 0 unspecified atom stereocenters. The minimum absolute atomic E-state index is 0.175. The van der Waals surface area contributed by atoms with E-state index in [0.717, 1.165) is 0 Å². The standard InChI is InChI=1S/C8H17NO/c1-5-6(9)8(2,3)7(5)10-4/h5-7H,9H2,1-4H3/t5-,6+,7-/m0/s1. The fourth-order valence-electron chi connectivity index (χ4n) is 2.13. The van der Waals surface area contributed by atoms with Crippen LogP contribution in [-0.2, 0) is 4.74 Å². The molecule has 1 aliphatic rings. The summed E-state index contributed by atoms with van der Waals surface area (Å²) < 4.78 is 5.30. The summed E-state index contributed by atoms with van der Waals surface area (Å²) in [4.78, 5) is 0. The van der Waals surface area contributed by atoms with E-state index in [1.807, 2.05) is 0 Å². The van der Waals surface area contributed by atoms with E-state index in [-0.39, 0.29) is 5.41 Å². The second-order valence-corrected chi connectivity index (χ2v) is 3.86. The van der Waals surface area contributed by atoms with Gasteiger partial charge in [0.25, 0.3) is 0 Å². The highest BCUT2D eigenvalue weighted by Gasteiger charge is 2.52. The van der Waals surface area contributed by atoms with Gasteiger partial charge in [0, 0.05) is 18.6 Å². The molecule has 2 heteroatoms. The van der Waals surface area contributed by atoms with Crippen molar-refractivity contribution in [1.82, 2.24) is 0 Å². The zero-order chi connectivity index (χ0) is 7.94. The smallest absolute Gasteiger partial charge is 0.0677 e. The van der Waals surface area contributed by atoms with E-state index in [1.165, 1.54) is 0 Å². The third-order valence-electron chi connectivity index (χ3n) is 2.89. The van der Waals surface area contributed by atoms with Gasteiger partial charge in [-0.15, -0.1) is 0 Å². The van der Waals surface area contributed by atoms with Gasteiger partial charge in [-0.2, -0.15) is 0 Å². The van der Waals surface area contributed by atoms with Gasteiger partial charge in [0.15, 0.2) is 0 Å². The van der Waals surface area contributed by atoms with Crippen molar-refractivity contribution >= 4 is 0 Å². The summed E-state index contributed by atoms with van der Waals surface area (Å²) >= 11 is 0. The Kier molecular flexibility index (Phi) is 1.77. The maximum atomic E-state index is 5.89. The molecule has 1 saturated carbocycles. The molecule has 3 atom stereocenters. The van der Waals surface area contributed by atoms with Crippen LogP contribution in [0.25, 0.3) is 0 Å². The van der Waals surface area contributed by atoms with Crippen molar-refractivity contribution in [1.29, 1.82) is 0 Å². The molecule has 0 radical (unpaired) electrons. The number of ether oxygens (including phenoxy) is 1. The topological polar surface area (TPSA) is 35.2 Å². The van der Waals surface area contributed by atoms with E-state index in [9.17, 15) is 0 Å². The summed E-state index contributed by atoms with van der Waals surface area (Å²) in [5, 5.41) is 0. The molecule has 2 N–H and O–H groups in total. The molecular weight excluding hydrogens is 126 g/mol. The van der Waals surface area contributed by atoms with E-state index >= 15 is 0 Å². The minimum Gasteiger partial charge on any atom is -0.381 e. The summed E-state index contributed by atoms with van der Waals surface area (Å²) in [6.45, 7) is 6.46. The molecule has 0 aromatic carbocycles. The molecule has 0 aromatic heterocycles. The summed E-state index contributed by atoms with van der Waals surface area (Å²) in [6.07, 6.45) is 0.350. The van der Waals surface area contributed by atoms with Crippen LogP contribution in [0, 0.1) is 11.3 Å². The molecule has 0 spiro atoms. The molecule has 0 aliphatic heterocycles. The van der Waals surface area contributed by atoms with Crippen LogP contribution in [0.5, 0.6) is 0 Å². The highest BCUT2D eigenvalue weighted by molar-refractivity contribution is 5.05. The van der Waals surface area contributed by atoms with Gasteiger partial charge in [0.1, 0.15) is 0 Å². The Balaban J connectivity index is 2.61. The average Bonchev–Trinajstić information content (AvgIpc) is 1.88. The van der Waals surface area contributed by atoms with E-state index < -0.39 is 0 Å².